The fraction of sp³-hybridized carbons (Fsp3) is 0.333. The van der Waals surface area contributed by atoms with Crippen molar-refractivity contribution in [2.45, 2.75) is 45.7 Å². The van der Waals surface area contributed by atoms with Crippen LogP contribution in [0.4, 0.5) is 20.2 Å². The van der Waals surface area contributed by atoms with Gasteiger partial charge in [0.15, 0.2) is 11.5 Å². The van der Waals surface area contributed by atoms with Crippen LogP contribution in [0, 0.1) is 18.6 Å². The molecular weight excluding hydrogens is 566 g/mol. The fourth-order valence-corrected chi connectivity index (χ4v) is 6.60. The zero-order valence-electron chi connectivity index (χ0n) is 25.3. The molecule has 1 amide bonds. The Morgan fingerprint density at radius 1 is 1.11 bits per heavy atom. The van der Waals surface area contributed by atoms with Crippen molar-refractivity contribution in [2.24, 2.45) is 0 Å². The number of rotatable bonds is 4. The minimum Gasteiger partial charge on any atom is -0.507 e. The van der Waals surface area contributed by atoms with Crippen molar-refractivity contribution in [3.63, 3.8) is 0 Å². The van der Waals surface area contributed by atoms with Crippen LogP contribution in [0.15, 0.2) is 54.0 Å². The maximum absolute atomic E-state index is 16.1. The number of carbonyl (C=O) groups excluding carboxylic acids is 1. The maximum Gasteiger partial charge on any atom is 0.282 e. The first-order valence-electron chi connectivity index (χ1n) is 14.6. The van der Waals surface area contributed by atoms with E-state index < -0.39 is 28.6 Å². The molecule has 0 saturated carbocycles. The number of aromatic nitrogens is 3. The smallest absolute Gasteiger partial charge is 0.282 e. The number of phenolic OH excluding ortho intramolecular Hbond substituents is 1. The number of nitrogens with zero attached hydrogens (tertiary/aromatic N) is 6. The molecule has 1 saturated heterocycles. The number of piperazine rings is 1. The molecule has 2 atom stereocenters. The molecule has 4 aromatic rings. The summed E-state index contributed by atoms with van der Waals surface area (Å²) in [6.45, 7) is 12.6. The molecule has 1 fully saturated rings. The molecule has 2 aliphatic rings. The van der Waals surface area contributed by atoms with E-state index in [1.54, 1.807) is 24.2 Å². The molecule has 2 aliphatic heterocycles. The molecule has 0 radical (unpaired) electrons. The Kier molecular flexibility index (Phi) is 7.14. The zero-order valence-corrected chi connectivity index (χ0v) is 25.3. The van der Waals surface area contributed by atoms with Crippen LogP contribution < -0.4 is 15.4 Å². The number of pyridine rings is 3. The van der Waals surface area contributed by atoms with Crippen molar-refractivity contribution in [1.82, 2.24) is 19.4 Å². The normalized spacial score (nSPS) is 18.0. The summed E-state index contributed by atoms with van der Waals surface area (Å²) in [5, 5.41) is 10.9. The summed E-state index contributed by atoms with van der Waals surface area (Å²) in [7, 11) is 1.81. The van der Waals surface area contributed by atoms with Crippen LogP contribution in [0.25, 0.3) is 28.0 Å². The Bertz CT molecular complexity index is 1890. The lowest BCUT2D eigenvalue weighted by Crippen LogP contribution is -2.64. The Morgan fingerprint density at radius 3 is 2.55 bits per heavy atom. The van der Waals surface area contributed by atoms with E-state index >= 15 is 8.78 Å². The molecule has 2 unspecified atom stereocenters. The maximum atomic E-state index is 16.1. The van der Waals surface area contributed by atoms with Crippen LogP contribution in [0.2, 0.25) is 0 Å². The molecule has 228 valence electrons. The van der Waals surface area contributed by atoms with Gasteiger partial charge in [-0.25, -0.2) is 13.8 Å². The van der Waals surface area contributed by atoms with Gasteiger partial charge in [0, 0.05) is 44.3 Å². The van der Waals surface area contributed by atoms with Gasteiger partial charge in [0.05, 0.1) is 28.7 Å². The van der Waals surface area contributed by atoms with Gasteiger partial charge in [0.1, 0.15) is 22.9 Å². The largest absolute Gasteiger partial charge is 0.507 e. The highest BCUT2D eigenvalue weighted by Gasteiger charge is 2.41. The fourth-order valence-electron chi connectivity index (χ4n) is 6.60. The molecule has 1 aromatic carbocycles. The second-order valence-corrected chi connectivity index (χ2v) is 11.9. The van der Waals surface area contributed by atoms with Gasteiger partial charge >= 0.3 is 0 Å². The summed E-state index contributed by atoms with van der Waals surface area (Å²) in [6, 6.07) is 6.34. The number of hydrogen-bond donors (Lipinski definition) is 1. The summed E-state index contributed by atoms with van der Waals surface area (Å²) in [5.74, 6) is -2.42. The van der Waals surface area contributed by atoms with Crippen molar-refractivity contribution >= 4 is 28.3 Å². The Balaban J connectivity index is 1.73. The van der Waals surface area contributed by atoms with Crippen molar-refractivity contribution in [3.05, 3.63) is 82.4 Å². The first-order valence-corrected chi connectivity index (χ1v) is 14.6. The molecular formula is C33H34F2N6O3. The highest BCUT2D eigenvalue weighted by Crippen LogP contribution is 2.43. The average Bonchev–Trinajstić information content (AvgIpc) is 2.97. The van der Waals surface area contributed by atoms with Gasteiger partial charge in [0.25, 0.3) is 5.56 Å². The number of aromatic hydroxyl groups is 1. The van der Waals surface area contributed by atoms with Crippen molar-refractivity contribution in [2.75, 3.05) is 36.5 Å². The summed E-state index contributed by atoms with van der Waals surface area (Å²) >= 11 is 0. The van der Waals surface area contributed by atoms with Gasteiger partial charge in [0.2, 0.25) is 5.91 Å². The lowest BCUT2D eigenvalue weighted by molar-refractivity contribution is -0.128. The monoisotopic (exact) mass is 600 g/mol. The molecule has 0 spiro atoms. The van der Waals surface area contributed by atoms with Crippen LogP contribution in [-0.4, -0.2) is 69.2 Å². The number of hydrogen-bond acceptors (Lipinski definition) is 7. The number of amides is 1. The topological polar surface area (TPSA) is 94.8 Å². The zero-order chi connectivity index (χ0) is 31.6. The van der Waals surface area contributed by atoms with E-state index in [0.717, 1.165) is 11.6 Å². The number of fused-ring (bicyclic) bond motifs is 5. The quantitative estimate of drug-likeness (QED) is 0.333. The minimum absolute atomic E-state index is 0.0724. The molecule has 0 aliphatic carbocycles. The third-order valence-electron chi connectivity index (χ3n) is 8.66. The Morgan fingerprint density at radius 2 is 1.86 bits per heavy atom. The van der Waals surface area contributed by atoms with E-state index in [1.165, 1.54) is 28.8 Å². The van der Waals surface area contributed by atoms with Gasteiger partial charge in [-0.2, -0.15) is 0 Å². The summed E-state index contributed by atoms with van der Waals surface area (Å²) in [6.07, 6.45) is 2.97. The van der Waals surface area contributed by atoms with Gasteiger partial charge in [-0.3, -0.25) is 19.1 Å². The molecule has 0 bridgehead atoms. The van der Waals surface area contributed by atoms with Gasteiger partial charge in [-0.1, -0.05) is 26.5 Å². The molecule has 44 heavy (non-hydrogen) atoms. The second kappa shape index (κ2) is 10.7. The van der Waals surface area contributed by atoms with Crippen LogP contribution >= 0.6 is 0 Å². The highest BCUT2D eigenvalue weighted by molar-refractivity contribution is 6.00. The minimum atomic E-state index is -0.851. The van der Waals surface area contributed by atoms with Crippen molar-refractivity contribution in [1.29, 1.82) is 0 Å². The number of benzene rings is 1. The van der Waals surface area contributed by atoms with Crippen LogP contribution in [0.3, 0.4) is 0 Å². The van der Waals surface area contributed by atoms with Gasteiger partial charge < -0.3 is 19.8 Å². The van der Waals surface area contributed by atoms with Crippen LogP contribution in [-0.2, 0) is 4.79 Å². The molecule has 3 aromatic heterocycles. The number of likely N-dealkylation sites (N-methyl/N-ethyl adjacent to an activating group) is 1. The van der Waals surface area contributed by atoms with Crippen molar-refractivity contribution in [3.8, 4) is 22.7 Å². The summed E-state index contributed by atoms with van der Waals surface area (Å²) in [4.78, 5) is 42.3. The van der Waals surface area contributed by atoms with E-state index in [2.05, 4.69) is 21.4 Å². The predicted octanol–water partition coefficient (Wildman–Crippen LogP) is 4.90. The van der Waals surface area contributed by atoms with E-state index in [0.29, 0.717) is 47.8 Å². The third kappa shape index (κ3) is 4.40. The Labute approximate surface area is 253 Å². The van der Waals surface area contributed by atoms with E-state index in [4.69, 9.17) is 0 Å². The molecule has 6 rings (SSSR count). The number of aryl methyl sites for hydroxylation is 1. The van der Waals surface area contributed by atoms with Crippen LogP contribution in [0.5, 0.6) is 5.75 Å². The SMILES string of the molecule is C=CC(=O)N1CC2CN(C)c3c(c4cc(F)c(-c5c(O)cccc5F)nc4n(-c4c(C)ccnc4C(C)C)c3=O)N2CC1C. The standard InChI is InChI=1S/C33H34F2N6O3/c1-7-25(43)39-16-20-15-38(6)31-30(40(20)14-19(39)5)21-13-23(35)28(26-22(34)9-8-10-24(26)42)37-32(21)41(33(31)44)29-18(4)11-12-36-27(29)17(2)3/h7-13,17,19-20,42H,1,14-16H2,2-6H3. The molecule has 11 heteroatoms. The second-order valence-electron chi connectivity index (χ2n) is 11.9. The van der Waals surface area contributed by atoms with Crippen LogP contribution in [0.1, 0.15) is 37.9 Å². The number of anilines is 2. The van der Waals surface area contributed by atoms with Gasteiger partial charge in [-0.15, -0.1) is 0 Å². The molecule has 1 N–H and O–H groups in total. The lowest BCUT2D eigenvalue weighted by Gasteiger charge is -2.51. The molecule has 9 nitrogen and oxygen atoms in total. The van der Waals surface area contributed by atoms with E-state index in [1.807, 2.05) is 32.6 Å². The van der Waals surface area contributed by atoms with Gasteiger partial charge in [-0.05, 0) is 55.7 Å². The third-order valence-corrected chi connectivity index (χ3v) is 8.66. The van der Waals surface area contributed by atoms with E-state index in [9.17, 15) is 14.7 Å². The van der Waals surface area contributed by atoms with Crippen molar-refractivity contribution < 1.29 is 18.7 Å². The number of phenols is 1. The summed E-state index contributed by atoms with van der Waals surface area (Å²) < 4.78 is 32.7. The Hall–Kier alpha value is -4.80. The average molecular weight is 601 g/mol. The first kappa shape index (κ1) is 29.3. The number of carbonyl (C=O) groups is 1. The predicted molar refractivity (Wildman–Crippen MR) is 167 cm³/mol. The first-order chi connectivity index (χ1) is 20.9. The van der Waals surface area contributed by atoms with E-state index in [-0.39, 0.29) is 35.1 Å². The number of halogens is 2. The highest BCUT2D eigenvalue weighted by atomic mass is 19.1. The molecule has 5 heterocycles. The lowest BCUT2D eigenvalue weighted by atomic mass is 9.98. The summed E-state index contributed by atoms with van der Waals surface area (Å²) in [5.41, 5.74) is 1.72.